The Balaban J connectivity index is 1.60. The Kier molecular flexibility index (Phi) is 5.91. The lowest BCUT2D eigenvalue weighted by atomic mass is 9.86. The molecule has 0 bridgehead atoms. The van der Waals surface area contributed by atoms with E-state index in [0.29, 0.717) is 12.3 Å². The molecule has 140 valence electrons. The number of carbonyl (C=O) groups is 3. The lowest BCUT2D eigenvalue weighted by Gasteiger charge is -2.31. The number of likely N-dealkylation sites (tertiary alicyclic amines) is 1. The maximum absolute atomic E-state index is 12.7. The van der Waals surface area contributed by atoms with Gasteiger partial charge in [-0.05, 0) is 30.7 Å². The molecule has 1 aromatic carbocycles. The van der Waals surface area contributed by atoms with Crippen molar-refractivity contribution in [1.82, 2.24) is 10.2 Å². The van der Waals surface area contributed by atoms with Gasteiger partial charge in [-0.25, -0.2) is 9.69 Å². The molecule has 26 heavy (non-hydrogen) atoms. The molecule has 1 saturated heterocycles. The molecule has 1 aliphatic heterocycles. The summed E-state index contributed by atoms with van der Waals surface area (Å²) in [6, 6.07) is 8.62. The van der Waals surface area contributed by atoms with Crippen molar-refractivity contribution in [1.29, 1.82) is 0 Å². The molecule has 1 aliphatic carbocycles. The van der Waals surface area contributed by atoms with Crippen LogP contribution in [0.4, 0.5) is 4.79 Å². The highest BCUT2D eigenvalue weighted by atomic mass is 16.6. The van der Waals surface area contributed by atoms with Crippen LogP contribution in [0.3, 0.4) is 0 Å². The monoisotopic (exact) mass is 358 g/mol. The summed E-state index contributed by atoms with van der Waals surface area (Å²) in [6.45, 7) is 2.22. The Bertz CT molecular complexity index is 661. The number of carbonyl (C=O) groups excluding carboxylic acids is 3. The number of nitrogens with zero attached hydrogens (tertiary/aromatic N) is 1. The van der Waals surface area contributed by atoms with Crippen molar-refractivity contribution in [2.75, 3.05) is 0 Å². The number of hydrogen-bond donors (Lipinski definition) is 1. The van der Waals surface area contributed by atoms with E-state index >= 15 is 0 Å². The fourth-order valence-corrected chi connectivity index (χ4v) is 3.76. The molecule has 3 rings (SSSR count). The summed E-state index contributed by atoms with van der Waals surface area (Å²) < 4.78 is 5.26. The van der Waals surface area contributed by atoms with Gasteiger partial charge in [0.1, 0.15) is 12.6 Å². The molecular formula is C20H26N2O4. The molecule has 6 heteroatoms. The number of imide groups is 1. The normalized spacial score (nSPS) is 25.8. The molecule has 0 spiro atoms. The van der Waals surface area contributed by atoms with E-state index < -0.39 is 12.1 Å². The van der Waals surface area contributed by atoms with Crippen LogP contribution < -0.4 is 5.32 Å². The van der Waals surface area contributed by atoms with E-state index in [0.717, 1.165) is 29.7 Å². The van der Waals surface area contributed by atoms with Crippen molar-refractivity contribution >= 4 is 17.9 Å². The molecule has 1 heterocycles. The number of nitrogens with one attached hydrogen (secondary N) is 1. The lowest BCUT2D eigenvalue weighted by molar-refractivity contribution is -0.134. The van der Waals surface area contributed by atoms with Gasteiger partial charge in [0.25, 0.3) is 0 Å². The molecule has 6 nitrogen and oxygen atoms in total. The van der Waals surface area contributed by atoms with Crippen molar-refractivity contribution in [3.05, 3.63) is 35.9 Å². The first-order valence-electron chi connectivity index (χ1n) is 9.39. The van der Waals surface area contributed by atoms with Gasteiger partial charge in [0, 0.05) is 12.5 Å². The van der Waals surface area contributed by atoms with Gasteiger partial charge in [-0.3, -0.25) is 9.59 Å². The summed E-state index contributed by atoms with van der Waals surface area (Å²) in [4.78, 5) is 38.2. The summed E-state index contributed by atoms with van der Waals surface area (Å²) >= 11 is 0. The van der Waals surface area contributed by atoms with Gasteiger partial charge in [-0.15, -0.1) is 0 Å². The van der Waals surface area contributed by atoms with E-state index in [9.17, 15) is 14.4 Å². The van der Waals surface area contributed by atoms with Crippen molar-refractivity contribution in [3.8, 4) is 0 Å². The van der Waals surface area contributed by atoms with Crippen LogP contribution in [0, 0.1) is 5.92 Å². The molecule has 3 atom stereocenters. The zero-order valence-corrected chi connectivity index (χ0v) is 15.1. The maximum atomic E-state index is 12.7. The predicted octanol–water partition coefficient (Wildman–Crippen LogP) is 3.01. The second-order valence-corrected chi connectivity index (χ2v) is 7.24. The van der Waals surface area contributed by atoms with Crippen LogP contribution in [0.2, 0.25) is 0 Å². The first-order chi connectivity index (χ1) is 12.6. The van der Waals surface area contributed by atoms with E-state index in [1.165, 1.54) is 6.42 Å². The van der Waals surface area contributed by atoms with Crippen molar-refractivity contribution in [3.63, 3.8) is 0 Å². The van der Waals surface area contributed by atoms with Gasteiger partial charge in [0.15, 0.2) is 0 Å². The van der Waals surface area contributed by atoms with Crippen LogP contribution in [0.15, 0.2) is 30.3 Å². The highest BCUT2D eigenvalue weighted by Crippen LogP contribution is 2.25. The fraction of sp³-hybridized carbons (Fsp3) is 0.550. The Morgan fingerprint density at radius 3 is 2.62 bits per heavy atom. The Morgan fingerprint density at radius 2 is 1.88 bits per heavy atom. The molecule has 1 aromatic rings. The highest BCUT2D eigenvalue weighted by molar-refractivity contribution is 6.00. The van der Waals surface area contributed by atoms with Crippen LogP contribution in [0.25, 0.3) is 0 Å². The Labute approximate surface area is 153 Å². The third-order valence-electron chi connectivity index (χ3n) is 5.36. The third kappa shape index (κ3) is 4.23. The van der Waals surface area contributed by atoms with E-state index in [1.54, 1.807) is 0 Å². The lowest BCUT2D eigenvalue weighted by Crippen LogP contribution is -2.51. The number of benzene rings is 1. The van der Waals surface area contributed by atoms with Gasteiger partial charge in [-0.1, -0.05) is 50.1 Å². The first-order valence-corrected chi connectivity index (χ1v) is 9.39. The van der Waals surface area contributed by atoms with Gasteiger partial charge in [0.05, 0.1) is 0 Å². The molecule has 3 amide bonds. The highest BCUT2D eigenvalue weighted by Gasteiger charge is 2.42. The predicted molar refractivity (Wildman–Crippen MR) is 96.1 cm³/mol. The van der Waals surface area contributed by atoms with Gasteiger partial charge < -0.3 is 10.1 Å². The minimum absolute atomic E-state index is 0.0808. The van der Waals surface area contributed by atoms with Crippen LogP contribution in [-0.2, 0) is 20.9 Å². The molecule has 1 saturated carbocycles. The molecule has 1 N–H and O–H groups in total. The molecule has 0 radical (unpaired) electrons. The van der Waals surface area contributed by atoms with Gasteiger partial charge >= 0.3 is 6.09 Å². The van der Waals surface area contributed by atoms with Crippen molar-refractivity contribution in [2.45, 2.75) is 64.1 Å². The number of ether oxygens (including phenoxy) is 1. The summed E-state index contributed by atoms with van der Waals surface area (Å²) in [7, 11) is 0. The van der Waals surface area contributed by atoms with Gasteiger partial charge in [-0.2, -0.15) is 0 Å². The molecule has 0 aromatic heterocycles. The zero-order chi connectivity index (χ0) is 18.5. The molecule has 0 unspecified atom stereocenters. The zero-order valence-electron chi connectivity index (χ0n) is 15.1. The molecule has 2 fully saturated rings. The smallest absolute Gasteiger partial charge is 0.417 e. The molecule has 2 aliphatic rings. The third-order valence-corrected chi connectivity index (χ3v) is 5.36. The van der Waals surface area contributed by atoms with Crippen LogP contribution >= 0.6 is 0 Å². The second-order valence-electron chi connectivity index (χ2n) is 7.24. The van der Waals surface area contributed by atoms with E-state index in [2.05, 4.69) is 12.2 Å². The molecular weight excluding hydrogens is 332 g/mol. The minimum atomic E-state index is -0.764. The fourth-order valence-electron chi connectivity index (χ4n) is 3.76. The van der Waals surface area contributed by atoms with Crippen molar-refractivity contribution in [2.24, 2.45) is 5.92 Å². The van der Waals surface area contributed by atoms with E-state index in [4.69, 9.17) is 4.74 Å². The van der Waals surface area contributed by atoms with Gasteiger partial charge in [0.2, 0.25) is 11.8 Å². The summed E-state index contributed by atoms with van der Waals surface area (Å²) in [6.07, 6.45) is 4.14. The Morgan fingerprint density at radius 1 is 1.15 bits per heavy atom. The number of rotatable bonds is 4. The van der Waals surface area contributed by atoms with Crippen LogP contribution in [0.5, 0.6) is 0 Å². The second kappa shape index (κ2) is 8.34. The number of hydrogen-bond acceptors (Lipinski definition) is 4. The average molecular weight is 358 g/mol. The average Bonchev–Trinajstić information content (AvgIpc) is 3.04. The number of amides is 3. The standard InChI is InChI=1S/C20H26N2O4/c1-14-7-5-6-10-16(14)21-19(24)17-11-12-18(23)22(17)20(25)26-13-15-8-3-2-4-9-15/h2-4,8-9,14,16-17H,5-7,10-13H2,1H3,(H,21,24)/t14-,16+,17+/m1/s1. The largest absolute Gasteiger partial charge is 0.444 e. The topological polar surface area (TPSA) is 75.7 Å². The van der Waals surface area contributed by atoms with Crippen LogP contribution in [-0.4, -0.2) is 34.9 Å². The Hall–Kier alpha value is -2.37. The van der Waals surface area contributed by atoms with Crippen LogP contribution in [0.1, 0.15) is 51.0 Å². The minimum Gasteiger partial charge on any atom is -0.444 e. The quantitative estimate of drug-likeness (QED) is 0.898. The summed E-state index contributed by atoms with van der Waals surface area (Å²) in [5.41, 5.74) is 0.838. The van der Waals surface area contributed by atoms with Crippen molar-refractivity contribution < 1.29 is 19.1 Å². The summed E-state index contributed by atoms with van der Waals surface area (Å²) in [5, 5.41) is 3.05. The van der Waals surface area contributed by atoms with E-state index in [-0.39, 0.29) is 30.9 Å². The summed E-state index contributed by atoms with van der Waals surface area (Å²) in [5.74, 6) is -0.172. The maximum Gasteiger partial charge on any atom is 0.417 e. The van der Waals surface area contributed by atoms with E-state index in [1.807, 2.05) is 30.3 Å². The SMILES string of the molecule is C[C@@H]1CCCC[C@@H]1NC(=O)[C@@H]1CCC(=O)N1C(=O)OCc1ccccc1. The first kappa shape index (κ1) is 18.4.